The van der Waals surface area contributed by atoms with Crippen molar-refractivity contribution in [1.82, 2.24) is 10.2 Å². The van der Waals surface area contributed by atoms with Crippen LogP contribution in [-0.4, -0.2) is 76.0 Å². The average molecular weight is 565 g/mol. The fourth-order valence-corrected chi connectivity index (χ4v) is 6.95. The van der Waals surface area contributed by atoms with Gasteiger partial charge in [-0.3, -0.25) is 9.69 Å². The molecule has 2 aromatic carbocycles. The second-order valence-corrected chi connectivity index (χ2v) is 12.3. The van der Waals surface area contributed by atoms with E-state index in [9.17, 15) is 22.7 Å². The summed E-state index contributed by atoms with van der Waals surface area (Å²) >= 11 is 0. The molecule has 9 nitrogen and oxygen atoms in total. The van der Waals surface area contributed by atoms with Gasteiger partial charge in [0.1, 0.15) is 9.84 Å². The Morgan fingerprint density at radius 1 is 1.10 bits per heavy atom. The summed E-state index contributed by atoms with van der Waals surface area (Å²) < 4.78 is 54.9. The quantitative estimate of drug-likeness (QED) is 0.332. The zero-order valence-electron chi connectivity index (χ0n) is 22.4. The molecule has 2 aliphatic heterocycles. The highest BCUT2D eigenvalue weighted by Crippen LogP contribution is 2.47. The Kier molecular flexibility index (Phi) is 9.68. The van der Waals surface area contributed by atoms with E-state index in [-0.39, 0.29) is 30.0 Å². The molecular weight excluding hydrogens is 527 g/mol. The lowest BCUT2D eigenvalue weighted by Crippen LogP contribution is -2.34. The van der Waals surface area contributed by atoms with Gasteiger partial charge in [0, 0.05) is 31.6 Å². The van der Waals surface area contributed by atoms with Crippen molar-refractivity contribution in [2.75, 3.05) is 51.6 Å². The molecule has 2 heterocycles. The highest BCUT2D eigenvalue weighted by atomic mass is 32.2. The highest BCUT2D eigenvalue weighted by molar-refractivity contribution is 7.91. The molecule has 214 valence electrons. The number of nitrogens with one attached hydrogen (secondary N) is 1. The summed E-state index contributed by atoms with van der Waals surface area (Å²) in [5.74, 6) is -1.05. The number of likely N-dealkylation sites (tertiary alicyclic amines) is 1. The SMILES string of the molecule is CCCCS(=O)(=O)CCCNCCN1C[C@H](c2ccc3c(c2)OCO3)[C@H](C(=O)O)[C@H]1c1ccc(OC)c(F)c1. The van der Waals surface area contributed by atoms with Crippen LogP contribution in [0, 0.1) is 11.7 Å². The Hall–Kier alpha value is -2.89. The summed E-state index contributed by atoms with van der Waals surface area (Å²) in [7, 11) is -1.66. The number of hydrogen-bond acceptors (Lipinski definition) is 8. The zero-order valence-corrected chi connectivity index (χ0v) is 23.2. The number of carboxylic acid groups (broad SMARTS) is 1. The summed E-state index contributed by atoms with van der Waals surface area (Å²) in [6.45, 7) is 4.11. The van der Waals surface area contributed by atoms with Gasteiger partial charge in [-0.25, -0.2) is 12.8 Å². The normalized spacial score (nSPS) is 20.8. The van der Waals surface area contributed by atoms with E-state index in [4.69, 9.17) is 14.2 Å². The molecule has 0 amide bonds. The summed E-state index contributed by atoms with van der Waals surface area (Å²) in [4.78, 5) is 14.7. The van der Waals surface area contributed by atoms with Gasteiger partial charge in [-0.05, 0) is 54.8 Å². The summed E-state index contributed by atoms with van der Waals surface area (Å²) in [6, 6.07) is 9.49. The Morgan fingerprint density at radius 2 is 1.85 bits per heavy atom. The second kappa shape index (κ2) is 13.0. The molecule has 0 aromatic heterocycles. The van der Waals surface area contributed by atoms with Crippen molar-refractivity contribution < 1.29 is 36.9 Å². The van der Waals surface area contributed by atoms with Crippen molar-refractivity contribution >= 4 is 15.8 Å². The van der Waals surface area contributed by atoms with Gasteiger partial charge in [-0.2, -0.15) is 0 Å². The van der Waals surface area contributed by atoms with Crippen LogP contribution in [0.3, 0.4) is 0 Å². The Labute approximate surface area is 229 Å². The molecule has 0 unspecified atom stereocenters. The number of benzene rings is 2. The van der Waals surface area contributed by atoms with Gasteiger partial charge in [0.2, 0.25) is 6.79 Å². The van der Waals surface area contributed by atoms with E-state index in [0.29, 0.717) is 56.1 Å². The molecule has 2 aromatic rings. The topological polar surface area (TPSA) is 114 Å². The maximum atomic E-state index is 14.7. The molecule has 4 rings (SSSR count). The molecule has 0 aliphatic carbocycles. The molecular formula is C28H37FN2O7S. The van der Waals surface area contributed by atoms with Gasteiger partial charge < -0.3 is 24.6 Å². The molecule has 1 fully saturated rings. The van der Waals surface area contributed by atoms with Crippen molar-refractivity contribution in [1.29, 1.82) is 0 Å². The molecule has 39 heavy (non-hydrogen) atoms. The molecule has 0 bridgehead atoms. The summed E-state index contributed by atoms with van der Waals surface area (Å²) in [5, 5.41) is 13.7. The van der Waals surface area contributed by atoms with E-state index >= 15 is 0 Å². The number of hydrogen-bond donors (Lipinski definition) is 2. The van der Waals surface area contributed by atoms with Gasteiger partial charge in [0.05, 0.1) is 24.5 Å². The van der Waals surface area contributed by atoms with E-state index < -0.39 is 33.6 Å². The van der Waals surface area contributed by atoms with E-state index in [1.54, 1.807) is 12.1 Å². The van der Waals surface area contributed by atoms with Crippen LogP contribution in [0.4, 0.5) is 4.39 Å². The number of ether oxygens (including phenoxy) is 3. The van der Waals surface area contributed by atoms with Crippen LogP contribution >= 0.6 is 0 Å². The van der Waals surface area contributed by atoms with Gasteiger partial charge in [-0.1, -0.05) is 25.5 Å². The highest BCUT2D eigenvalue weighted by Gasteiger charge is 2.47. The molecule has 0 radical (unpaired) electrons. The number of nitrogens with zero attached hydrogens (tertiary/aromatic N) is 1. The predicted molar refractivity (Wildman–Crippen MR) is 145 cm³/mol. The number of carboxylic acids is 1. The number of carbonyl (C=O) groups is 1. The summed E-state index contributed by atoms with van der Waals surface area (Å²) in [5.41, 5.74) is 1.38. The van der Waals surface area contributed by atoms with Gasteiger partial charge >= 0.3 is 5.97 Å². The zero-order chi connectivity index (χ0) is 28.0. The van der Waals surface area contributed by atoms with Gasteiger partial charge in [-0.15, -0.1) is 0 Å². The first-order valence-corrected chi connectivity index (χ1v) is 15.2. The van der Waals surface area contributed by atoms with Gasteiger partial charge in [0.15, 0.2) is 23.1 Å². The minimum absolute atomic E-state index is 0.0954. The van der Waals surface area contributed by atoms with E-state index in [1.807, 2.05) is 19.1 Å². The number of halogens is 1. The first-order chi connectivity index (χ1) is 18.7. The number of aliphatic carboxylic acids is 1. The van der Waals surface area contributed by atoms with Crippen molar-refractivity contribution in [2.24, 2.45) is 5.92 Å². The van der Waals surface area contributed by atoms with Crippen LogP contribution in [0.15, 0.2) is 36.4 Å². The van der Waals surface area contributed by atoms with Crippen LogP contribution in [0.25, 0.3) is 0 Å². The minimum atomic E-state index is -3.04. The van der Waals surface area contributed by atoms with E-state index in [2.05, 4.69) is 10.2 Å². The molecule has 2 N–H and O–H groups in total. The first-order valence-electron chi connectivity index (χ1n) is 13.3. The Balaban J connectivity index is 1.50. The van der Waals surface area contributed by atoms with Gasteiger partial charge in [0.25, 0.3) is 0 Å². The number of unbranched alkanes of at least 4 members (excludes halogenated alkanes) is 1. The Morgan fingerprint density at radius 3 is 2.56 bits per heavy atom. The largest absolute Gasteiger partial charge is 0.494 e. The van der Waals surface area contributed by atoms with Crippen LogP contribution in [0.1, 0.15) is 49.3 Å². The van der Waals surface area contributed by atoms with Crippen molar-refractivity contribution in [3.63, 3.8) is 0 Å². The number of methoxy groups -OCH3 is 1. The van der Waals surface area contributed by atoms with Crippen LogP contribution in [0.2, 0.25) is 0 Å². The molecule has 2 aliphatic rings. The minimum Gasteiger partial charge on any atom is -0.494 e. The molecule has 0 saturated carbocycles. The molecule has 11 heteroatoms. The monoisotopic (exact) mass is 564 g/mol. The number of rotatable bonds is 14. The second-order valence-electron chi connectivity index (χ2n) is 10.0. The fraction of sp³-hybridized carbons (Fsp3) is 0.536. The fourth-order valence-electron chi connectivity index (χ4n) is 5.44. The average Bonchev–Trinajstić information content (AvgIpc) is 3.54. The van der Waals surface area contributed by atoms with Crippen LogP contribution in [0.5, 0.6) is 17.2 Å². The van der Waals surface area contributed by atoms with Crippen molar-refractivity contribution in [2.45, 2.75) is 38.1 Å². The van der Waals surface area contributed by atoms with Crippen LogP contribution < -0.4 is 19.5 Å². The third kappa shape index (κ3) is 7.01. The predicted octanol–water partition coefficient (Wildman–Crippen LogP) is 3.60. The van der Waals surface area contributed by atoms with Crippen molar-refractivity contribution in [3.05, 3.63) is 53.3 Å². The van der Waals surface area contributed by atoms with E-state index in [0.717, 1.165) is 12.0 Å². The number of fused-ring (bicyclic) bond motifs is 1. The lowest BCUT2D eigenvalue weighted by Gasteiger charge is -2.27. The lowest BCUT2D eigenvalue weighted by molar-refractivity contribution is -0.143. The maximum absolute atomic E-state index is 14.7. The number of sulfone groups is 1. The molecule has 0 spiro atoms. The summed E-state index contributed by atoms with van der Waals surface area (Å²) in [6.07, 6.45) is 2.03. The molecule has 3 atom stereocenters. The molecule has 1 saturated heterocycles. The Bertz CT molecular complexity index is 1260. The standard InChI is InChI=1S/C28H37FN2O7S/c1-3-4-13-39(34,35)14-5-10-30-11-12-31-17-21(19-6-9-24-25(16-19)38-18-37-24)26(28(32)33)27(31)20-7-8-23(36-2)22(29)15-20/h6-9,15-16,21,26-27,30H,3-5,10-14,17-18H2,1-2H3,(H,32,33)/t21-,26+,27-/m1/s1. The lowest BCUT2D eigenvalue weighted by atomic mass is 9.82. The van der Waals surface area contributed by atoms with Crippen LogP contribution in [-0.2, 0) is 14.6 Å². The smallest absolute Gasteiger partial charge is 0.309 e. The third-order valence-corrected chi connectivity index (χ3v) is 9.24. The third-order valence-electron chi connectivity index (χ3n) is 7.42. The first kappa shape index (κ1) is 29.1. The van der Waals surface area contributed by atoms with E-state index in [1.165, 1.54) is 19.2 Å². The van der Waals surface area contributed by atoms with Crippen molar-refractivity contribution in [3.8, 4) is 17.2 Å². The maximum Gasteiger partial charge on any atom is 0.309 e.